The molecule has 0 unspecified atom stereocenters. The first-order valence-corrected chi connectivity index (χ1v) is 18.1. The topological polar surface area (TPSA) is 16.4 Å². The number of hydrogen-bond donors (Lipinski definition) is 0. The molecule has 3 heteroatoms. The second kappa shape index (κ2) is 12.2. The van der Waals surface area contributed by atoms with Gasteiger partial charge in [-0.2, -0.15) is 0 Å². The third kappa shape index (κ3) is 5.01. The van der Waals surface area contributed by atoms with Gasteiger partial charge in [0.1, 0.15) is 11.2 Å². The number of rotatable bonds is 6. The number of benzene rings is 8. The summed E-state index contributed by atoms with van der Waals surface area (Å²) in [4.78, 5) is 2.40. The molecule has 0 atom stereocenters. The summed E-state index contributed by atoms with van der Waals surface area (Å²) in [6, 6.07) is 67.3. The van der Waals surface area contributed by atoms with Gasteiger partial charge in [-0.3, -0.25) is 0 Å². The molecule has 0 aliphatic heterocycles. The SMILES string of the molecule is c1ccc(-c2ccc(N(c3ccccc3)c3ccc(-c4cccc(-c5cccc6c5oc5ccccc56)c4)cc3)c3c2sc2ccccc23)cc1. The number of furan rings is 1. The molecule has 2 aromatic heterocycles. The average molecular weight is 670 g/mol. The Hall–Kier alpha value is -6.42. The summed E-state index contributed by atoms with van der Waals surface area (Å²) in [5, 5.41) is 4.84. The molecule has 51 heavy (non-hydrogen) atoms. The lowest BCUT2D eigenvalue weighted by Gasteiger charge is -2.27. The van der Waals surface area contributed by atoms with Crippen LogP contribution in [0.25, 0.3) is 75.5 Å². The summed E-state index contributed by atoms with van der Waals surface area (Å²) in [5.41, 5.74) is 12.3. The van der Waals surface area contributed by atoms with E-state index in [1.165, 1.54) is 37.0 Å². The van der Waals surface area contributed by atoms with Gasteiger partial charge in [0, 0.05) is 47.9 Å². The van der Waals surface area contributed by atoms with Crippen molar-refractivity contribution in [2.75, 3.05) is 4.90 Å². The summed E-state index contributed by atoms with van der Waals surface area (Å²) >= 11 is 1.87. The Morgan fingerprint density at radius 2 is 1.06 bits per heavy atom. The predicted octanol–water partition coefficient (Wildman–Crippen LogP) is 14.4. The van der Waals surface area contributed by atoms with E-state index in [2.05, 4.69) is 181 Å². The van der Waals surface area contributed by atoms with Crippen LogP contribution in [0, 0.1) is 0 Å². The van der Waals surface area contributed by atoms with E-state index < -0.39 is 0 Å². The number of para-hydroxylation sites is 3. The van der Waals surface area contributed by atoms with Crippen LogP contribution < -0.4 is 4.90 Å². The Morgan fingerprint density at radius 1 is 0.412 bits per heavy atom. The lowest BCUT2D eigenvalue weighted by atomic mass is 9.97. The van der Waals surface area contributed by atoms with Crippen molar-refractivity contribution in [1.82, 2.24) is 0 Å². The normalized spacial score (nSPS) is 11.5. The molecule has 8 aromatic carbocycles. The van der Waals surface area contributed by atoms with Crippen LogP contribution in [0.5, 0.6) is 0 Å². The van der Waals surface area contributed by atoms with Gasteiger partial charge in [0.2, 0.25) is 0 Å². The number of fused-ring (bicyclic) bond motifs is 6. The Kier molecular flexibility index (Phi) is 7.04. The van der Waals surface area contributed by atoms with E-state index in [-0.39, 0.29) is 0 Å². The number of thiophene rings is 1. The second-order valence-electron chi connectivity index (χ2n) is 12.9. The molecule has 240 valence electrons. The van der Waals surface area contributed by atoms with E-state index in [9.17, 15) is 0 Å². The van der Waals surface area contributed by atoms with Crippen molar-refractivity contribution >= 4 is 70.5 Å². The maximum atomic E-state index is 6.39. The minimum Gasteiger partial charge on any atom is -0.455 e. The van der Waals surface area contributed by atoms with Crippen molar-refractivity contribution in [1.29, 1.82) is 0 Å². The van der Waals surface area contributed by atoms with E-state index in [0.717, 1.165) is 55.6 Å². The summed E-state index contributed by atoms with van der Waals surface area (Å²) < 4.78 is 8.98. The van der Waals surface area contributed by atoms with Gasteiger partial charge in [-0.05, 0) is 76.3 Å². The van der Waals surface area contributed by atoms with Crippen LogP contribution in [0.1, 0.15) is 0 Å². The van der Waals surface area contributed by atoms with E-state index in [0.29, 0.717) is 0 Å². The van der Waals surface area contributed by atoms with Gasteiger partial charge in [0.15, 0.2) is 0 Å². The lowest BCUT2D eigenvalue weighted by molar-refractivity contribution is 0.670. The van der Waals surface area contributed by atoms with Crippen molar-refractivity contribution < 1.29 is 4.42 Å². The fourth-order valence-corrected chi connectivity index (χ4v) is 8.75. The molecule has 10 rings (SSSR count). The van der Waals surface area contributed by atoms with Gasteiger partial charge in [-0.25, -0.2) is 0 Å². The van der Waals surface area contributed by atoms with Crippen molar-refractivity contribution in [2.24, 2.45) is 0 Å². The molecule has 0 amide bonds. The van der Waals surface area contributed by atoms with Crippen molar-refractivity contribution in [3.05, 3.63) is 188 Å². The van der Waals surface area contributed by atoms with Crippen LogP contribution in [0.15, 0.2) is 192 Å². The highest BCUT2D eigenvalue weighted by atomic mass is 32.1. The molecule has 2 nitrogen and oxygen atoms in total. The molecule has 0 N–H and O–H groups in total. The number of anilines is 3. The molecule has 10 aromatic rings. The molecular formula is C48H31NOS. The standard InChI is InChI=1S/C48H31NOS/c1-3-13-33(14-4-1)39-29-30-43(46-42-20-8-10-24-45(42)51-48(39)46)49(36-17-5-2-6-18-36)37-27-25-32(26-28-37)34-15-11-16-35(31-34)38-21-12-22-41-40-19-7-9-23-44(40)50-47(38)41/h1-31H. The minimum absolute atomic E-state index is 0.914. The monoisotopic (exact) mass is 669 g/mol. The van der Waals surface area contributed by atoms with E-state index in [1.54, 1.807) is 0 Å². The van der Waals surface area contributed by atoms with E-state index in [1.807, 2.05) is 23.5 Å². The number of hydrogen-bond acceptors (Lipinski definition) is 3. The van der Waals surface area contributed by atoms with Gasteiger partial charge >= 0.3 is 0 Å². The predicted molar refractivity (Wildman–Crippen MR) is 218 cm³/mol. The molecule has 0 radical (unpaired) electrons. The molecule has 2 heterocycles. The summed E-state index contributed by atoms with van der Waals surface area (Å²) in [5.74, 6) is 0. The minimum atomic E-state index is 0.914. The van der Waals surface area contributed by atoms with E-state index >= 15 is 0 Å². The van der Waals surface area contributed by atoms with Crippen LogP contribution in [0.4, 0.5) is 17.1 Å². The smallest absolute Gasteiger partial charge is 0.143 e. The van der Waals surface area contributed by atoms with Gasteiger partial charge in [-0.15, -0.1) is 11.3 Å². The first-order chi connectivity index (χ1) is 25.3. The maximum absolute atomic E-state index is 6.39. The van der Waals surface area contributed by atoms with Gasteiger partial charge in [-0.1, -0.05) is 140 Å². The number of nitrogens with zero attached hydrogens (tertiary/aromatic N) is 1. The first-order valence-electron chi connectivity index (χ1n) is 17.3. The van der Waals surface area contributed by atoms with Crippen molar-refractivity contribution in [2.45, 2.75) is 0 Å². The first kappa shape index (κ1) is 29.5. The highest BCUT2D eigenvalue weighted by Crippen LogP contribution is 2.48. The maximum Gasteiger partial charge on any atom is 0.143 e. The summed E-state index contributed by atoms with van der Waals surface area (Å²) in [7, 11) is 0. The molecule has 0 bridgehead atoms. The molecule has 0 saturated carbocycles. The Bertz CT molecular complexity index is 2850. The van der Waals surface area contributed by atoms with Crippen LogP contribution in [0.3, 0.4) is 0 Å². The zero-order chi connectivity index (χ0) is 33.7. The Balaban J connectivity index is 1.09. The van der Waals surface area contributed by atoms with Gasteiger partial charge in [0.25, 0.3) is 0 Å². The molecule has 0 aliphatic rings. The third-order valence-electron chi connectivity index (χ3n) is 9.88. The quantitative estimate of drug-likeness (QED) is 0.175. The third-order valence-corrected chi connectivity index (χ3v) is 11.1. The average Bonchev–Trinajstić information content (AvgIpc) is 3.79. The molecule has 0 saturated heterocycles. The zero-order valence-corrected chi connectivity index (χ0v) is 28.5. The highest BCUT2D eigenvalue weighted by Gasteiger charge is 2.21. The summed E-state index contributed by atoms with van der Waals surface area (Å²) in [6.45, 7) is 0. The fraction of sp³-hybridized carbons (Fsp3) is 0. The van der Waals surface area contributed by atoms with Gasteiger partial charge in [0.05, 0.1) is 5.69 Å². The molecule has 0 spiro atoms. The van der Waals surface area contributed by atoms with Crippen LogP contribution in [-0.2, 0) is 0 Å². The van der Waals surface area contributed by atoms with Gasteiger partial charge < -0.3 is 9.32 Å². The Morgan fingerprint density at radius 3 is 1.90 bits per heavy atom. The Labute approximate surface area is 300 Å². The summed E-state index contributed by atoms with van der Waals surface area (Å²) in [6.07, 6.45) is 0. The zero-order valence-electron chi connectivity index (χ0n) is 27.7. The second-order valence-corrected chi connectivity index (χ2v) is 13.9. The van der Waals surface area contributed by atoms with Crippen LogP contribution >= 0.6 is 11.3 Å². The molecule has 0 aliphatic carbocycles. The fourth-order valence-electron chi connectivity index (χ4n) is 7.49. The molecular weight excluding hydrogens is 639 g/mol. The van der Waals surface area contributed by atoms with Crippen LogP contribution in [-0.4, -0.2) is 0 Å². The van der Waals surface area contributed by atoms with Crippen LogP contribution in [0.2, 0.25) is 0 Å². The largest absolute Gasteiger partial charge is 0.455 e. The lowest BCUT2D eigenvalue weighted by Crippen LogP contribution is -2.10. The van der Waals surface area contributed by atoms with Crippen molar-refractivity contribution in [3.63, 3.8) is 0 Å². The van der Waals surface area contributed by atoms with Crippen molar-refractivity contribution in [3.8, 4) is 33.4 Å². The highest BCUT2D eigenvalue weighted by molar-refractivity contribution is 7.26. The van der Waals surface area contributed by atoms with E-state index in [4.69, 9.17) is 4.42 Å². The molecule has 0 fully saturated rings.